The number of methoxy groups -OCH3 is 2. The second-order valence-corrected chi connectivity index (χ2v) is 6.91. The molecule has 7 nitrogen and oxygen atoms in total. The second kappa shape index (κ2) is 10.6. The number of amides is 1. The largest absolute Gasteiger partial charge is 0.493 e. The molecule has 150 valence electrons. The Bertz CT molecular complexity index is 842. The molecule has 0 aliphatic rings. The lowest BCUT2D eigenvalue weighted by Crippen LogP contribution is -2.28. The van der Waals surface area contributed by atoms with E-state index in [1.165, 1.54) is 0 Å². The van der Waals surface area contributed by atoms with E-state index < -0.39 is 0 Å². The highest BCUT2D eigenvalue weighted by atomic mass is 79.9. The number of rotatable bonds is 8. The third-order valence-electron chi connectivity index (χ3n) is 4.05. The number of nitrogens with two attached hydrogens (primary N) is 1. The summed E-state index contributed by atoms with van der Waals surface area (Å²) in [5.41, 5.74) is 7.68. The Kier molecular flexibility index (Phi) is 8.13. The monoisotopic (exact) mass is 448 g/mol. The number of anilines is 1. The Morgan fingerprint density at radius 2 is 1.89 bits per heavy atom. The number of ether oxygens (including phenoxy) is 2. The molecule has 1 amide bonds. The highest BCUT2D eigenvalue weighted by Gasteiger charge is 2.10. The first kappa shape index (κ1) is 21.6. The smallest absolute Gasteiger partial charge is 0.224 e. The molecule has 0 radical (unpaired) electrons. The number of guanidine groups is 1. The number of nitrogens with one attached hydrogen (secondary N) is 1. The van der Waals surface area contributed by atoms with Gasteiger partial charge in [-0.15, -0.1) is 0 Å². The standard InChI is InChI=1S/C20H25BrN4O3/c1-25(13-14-6-4-5-7-16(14)21)19(26)10-11-23-20(22)24-15-8-9-17(27-2)18(12-15)28-3/h4-9,12H,10-11,13H2,1-3H3,(H3,22,23,24). The zero-order chi connectivity index (χ0) is 20.5. The van der Waals surface area contributed by atoms with E-state index >= 15 is 0 Å². The van der Waals surface area contributed by atoms with Crippen molar-refractivity contribution in [2.45, 2.75) is 13.0 Å². The van der Waals surface area contributed by atoms with Gasteiger partial charge >= 0.3 is 0 Å². The average Bonchev–Trinajstić information content (AvgIpc) is 2.69. The summed E-state index contributed by atoms with van der Waals surface area (Å²) in [6.07, 6.45) is 0.273. The van der Waals surface area contributed by atoms with E-state index in [-0.39, 0.29) is 18.3 Å². The third kappa shape index (κ3) is 6.16. The Labute approximate surface area is 173 Å². The second-order valence-electron chi connectivity index (χ2n) is 6.05. The minimum absolute atomic E-state index is 0.00146. The fourth-order valence-corrected chi connectivity index (χ4v) is 2.94. The number of halogens is 1. The van der Waals surface area contributed by atoms with Gasteiger partial charge in [0.15, 0.2) is 17.5 Å². The molecule has 0 atom stereocenters. The van der Waals surface area contributed by atoms with Crippen LogP contribution in [0.1, 0.15) is 12.0 Å². The minimum Gasteiger partial charge on any atom is -0.493 e. The summed E-state index contributed by atoms with van der Waals surface area (Å²) in [7, 11) is 4.91. The van der Waals surface area contributed by atoms with Gasteiger partial charge in [0.2, 0.25) is 5.91 Å². The topological polar surface area (TPSA) is 89.2 Å². The van der Waals surface area contributed by atoms with E-state index in [0.717, 1.165) is 15.7 Å². The molecular formula is C20H25BrN4O3. The maximum Gasteiger partial charge on any atom is 0.224 e. The summed E-state index contributed by atoms with van der Waals surface area (Å²) < 4.78 is 11.4. The Morgan fingerprint density at radius 1 is 1.18 bits per heavy atom. The van der Waals surface area contributed by atoms with E-state index in [0.29, 0.717) is 24.6 Å². The van der Waals surface area contributed by atoms with Crippen molar-refractivity contribution in [3.63, 3.8) is 0 Å². The van der Waals surface area contributed by atoms with Crippen molar-refractivity contribution in [1.82, 2.24) is 4.90 Å². The molecule has 28 heavy (non-hydrogen) atoms. The molecule has 8 heteroatoms. The first-order valence-electron chi connectivity index (χ1n) is 8.71. The van der Waals surface area contributed by atoms with Crippen molar-refractivity contribution < 1.29 is 14.3 Å². The number of carbonyl (C=O) groups is 1. The molecule has 2 rings (SSSR count). The fraction of sp³-hybridized carbons (Fsp3) is 0.300. The van der Waals surface area contributed by atoms with Crippen LogP contribution in [0, 0.1) is 0 Å². The summed E-state index contributed by atoms with van der Waals surface area (Å²) >= 11 is 3.49. The van der Waals surface area contributed by atoms with Gasteiger partial charge in [0.1, 0.15) is 0 Å². The molecule has 2 aromatic rings. The van der Waals surface area contributed by atoms with E-state index in [1.807, 2.05) is 24.3 Å². The van der Waals surface area contributed by atoms with Gasteiger partial charge in [-0.2, -0.15) is 0 Å². The lowest BCUT2D eigenvalue weighted by atomic mass is 10.2. The van der Waals surface area contributed by atoms with E-state index in [4.69, 9.17) is 15.2 Å². The Morgan fingerprint density at radius 3 is 2.57 bits per heavy atom. The van der Waals surface area contributed by atoms with Gasteiger partial charge in [0.25, 0.3) is 0 Å². The molecule has 0 spiro atoms. The summed E-state index contributed by atoms with van der Waals surface area (Å²) in [5.74, 6) is 1.44. The van der Waals surface area contributed by atoms with Crippen LogP contribution in [0.4, 0.5) is 5.69 Å². The van der Waals surface area contributed by atoms with Crippen molar-refractivity contribution in [1.29, 1.82) is 0 Å². The van der Waals surface area contributed by atoms with Crippen molar-refractivity contribution in [3.8, 4) is 11.5 Å². The number of hydrogen-bond acceptors (Lipinski definition) is 4. The van der Waals surface area contributed by atoms with E-state index in [1.54, 1.807) is 44.4 Å². The number of aliphatic imine (C=N–C) groups is 1. The molecule has 0 heterocycles. The molecule has 0 aliphatic heterocycles. The summed E-state index contributed by atoms with van der Waals surface area (Å²) in [5, 5.41) is 2.98. The molecule has 0 saturated carbocycles. The van der Waals surface area contributed by atoms with Crippen molar-refractivity contribution in [3.05, 3.63) is 52.5 Å². The van der Waals surface area contributed by atoms with Gasteiger partial charge in [-0.25, -0.2) is 0 Å². The van der Waals surface area contributed by atoms with Crippen LogP contribution in [-0.4, -0.2) is 44.6 Å². The molecule has 0 aromatic heterocycles. The van der Waals surface area contributed by atoms with Gasteiger partial charge in [-0.3, -0.25) is 9.79 Å². The zero-order valence-electron chi connectivity index (χ0n) is 16.2. The molecule has 0 bridgehead atoms. The predicted molar refractivity (Wildman–Crippen MR) is 115 cm³/mol. The van der Waals surface area contributed by atoms with Crippen molar-refractivity contribution in [2.75, 3.05) is 33.1 Å². The molecule has 0 saturated heterocycles. The van der Waals surface area contributed by atoms with Crippen LogP contribution in [0.2, 0.25) is 0 Å². The van der Waals surface area contributed by atoms with Crippen LogP contribution in [0.25, 0.3) is 0 Å². The molecule has 2 aromatic carbocycles. The first-order valence-corrected chi connectivity index (χ1v) is 9.50. The van der Waals surface area contributed by atoms with Gasteiger partial charge in [-0.05, 0) is 23.8 Å². The van der Waals surface area contributed by atoms with Crippen LogP contribution < -0.4 is 20.5 Å². The SMILES string of the molecule is COc1ccc(NC(N)=NCCC(=O)N(C)Cc2ccccc2Br)cc1OC. The minimum atomic E-state index is -0.00146. The summed E-state index contributed by atoms with van der Waals surface area (Å²) in [4.78, 5) is 18.2. The number of nitrogens with zero attached hydrogens (tertiary/aromatic N) is 2. The molecule has 3 N–H and O–H groups in total. The Balaban J connectivity index is 1.86. The normalized spacial score (nSPS) is 11.1. The molecule has 0 aliphatic carbocycles. The lowest BCUT2D eigenvalue weighted by Gasteiger charge is -2.17. The van der Waals surface area contributed by atoms with Crippen LogP contribution in [0.5, 0.6) is 11.5 Å². The quantitative estimate of drug-likeness (QED) is 0.477. The number of benzene rings is 2. The Hall–Kier alpha value is -2.74. The lowest BCUT2D eigenvalue weighted by molar-refractivity contribution is -0.130. The van der Waals surface area contributed by atoms with E-state index in [2.05, 4.69) is 26.2 Å². The maximum atomic E-state index is 12.3. The van der Waals surface area contributed by atoms with Crippen molar-refractivity contribution >= 4 is 33.5 Å². The average molecular weight is 449 g/mol. The predicted octanol–water partition coefficient (Wildman–Crippen LogP) is 3.24. The summed E-state index contributed by atoms with van der Waals surface area (Å²) in [6, 6.07) is 13.2. The van der Waals surface area contributed by atoms with Gasteiger partial charge in [-0.1, -0.05) is 34.1 Å². The molecule has 0 fully saturated rings. The van der Waals surface area contributed by atoms with Crippen LogP contribution in [0.3, 0.4) is 0 Å². The highest BCUT2D eigenvalue weighted by Crippen LogP contribution is 2.29. The first-order chi connectivity index (χ1) is 13.4. The zero-order valence-corrected chi connectivity index (χ0v) is 17.8. The van der Waals surface area contributed by atoms with Crippen LogP contribution in [-0.2, 0) is 11.3 Å². The third-order valence-corrected chi connectivity index (χ3v) is 4.83. The highest BCUT2D eigenvalue weighted by molar-refractivity contribution is 9.10. The van der Waals surface area contributed by atoms with E-state index in [9.17, 15) is 4.79 Å². The number of carbonyl (C=O) groups excluding carboxylic acids is 1. The molecular weight excluding hydrogens is 424 g/mol. The van der Waals surface area contributed by atoms with Crippen LogP contribution >= 0.6 is 15.9 Å². The van der Waals surface area contributed by atoms with Gasteiger partial charge in [0, 0.05) is 36.2 Å². The number of hydrogen-bond donors (Lipinski definition) is 2. The van der Waals surface area contributed by atoms with Gasteiger partial charge in [0.05, 0.1) is 20.8 Å². The maximum absolute atomic E-state index is 12.3. The summed E-state index contributed by atoms with van der Waals surface area (Å²) in [6.45, 7) is 0.828. The van der Waals surface area contributed by atoms with Crippen molar-refractivity contribution in [2.24, 2.45) is 10.7 Å². The fourth-order valence-electron chi connectivity index (χ4n) is 2.53. The van der Waals surface area contributed by atoms with Gasteiger partial charge < -0.3 is 25.4 Å². The molecule has 0 unspecified atom stereocenters. The van der Waals surface area contributed by atoms with Crippen LogP contribution in [0.15, 0.2) is 51.9 Å².